The van der Waals surface area contributed by atoms with Crippen molar-refractivity contribution in [3.05, 3.63) is 65.0 Å². The number of nitrogens with one attached hydrogen (secondary N) is 1. The zero-order valence-corrected chi connectivity index (χ0v) is 19.0. The monoisotopic (exact) mass is 462 g/mol. The first kappa shape index (κ1) is 23.9. The highest BCUT2D eigenvalue weighted by Crippen LogP contribution is 2.25. The molecule has 1 amide bonds. The minimum Gasteiger partial charge on any atom is -0.462 e. The Balaban J connectivity index is 1.60. The third-order valence-corrected chi connectivity index (χ3v) is 7.35. The van der Waals surface area contributed by atoms with E-state index < -0.39 is 27.6 Å². The fourth-order valence-electron chi connectivity index (χ4n) is 3.63. The van der Waals surface area contributed by atoms with Crippen LogP contribution in [0.1, 0.15) is 41.3 Å². The summed E-state index contributed by atoms with van der Waals surface area (Å²) >= 11 is 0. The number of carbonyl (C=O) groups is 2. The van der Waals surface area contributed by atoms with Crippen LogP contribution < -0.4 is 5.32 Å². The smallest absolute Gasteiger partial charge is 0.338 e. The van der Waals surface area contributed by atoms with Crippen molar-refractivity contribution in [2.24, 2.45) is 5.92 Å². The summed E-state index contributed by atoms with van der Waals surface area (Å²) in [4.78, 5) is 24.7. The minimum absolute atomic E-state index is 0.129. The molecule has 3 rings (SSSR count). The van der Waals surface area contributed by atoms with Crippen LogP contribution in [-0.2, 0) is 25.3 Å². The van der Waals surface area contributed by atoms with E-state index in [0.29, 0.717) is 24.1 Å². The van der Waals surface area contributed by atoms with Crippen LogP contribution in [0.5, 0.6) is 0 Å². The maximum absolute atomic E-state index is 13.9. The maximum atomic E-state index is 13.9. The molecule has 0 radical (unpaired) electrons. The van der Waals surface area contributed by atoms with Crippen LogP contribution in [0.15, 0.2) is 42.5 Å². The Bertz CT molecular complexity index is 1100. The number of hydrogen-bond acceptors (Lipinski definition) is 5. The van der Waals surface area contributed by atoms with Crippen LogP contribution in [0.4, 0.5) is 10.1 Å². The molecule has 0 aromatic heterocycles. The van der Waals surface area contributed by atoms with Crippen LogP contribution >= 0.6 is 0 Å². The molecule has 32 heavy (non-hydrogen) atoms. The van der Waals surface area contributed by atoms with Crippen molar-refractivity contribution in [2.75, 3.05) is 25.0 Å². The van der Waals surface area contributed by atoms with Crippen LogP contribution in [0, 0.1) is 18.7 Å². The van der Waals surface area contributed by atoms with E-state index in [1.807, 2.05) is 6.92 Å². The Morgan fingerprint density at radius 2 is 1.84 bits per heavy atom. The van der Waals surface area contributed by atoms with Gasteiger partial charge in [0.25, 0.3) is 0 Å². The van der Waals surface area contributed by atoms with Gasteiger partial charge in [0.1, 0.15) is 5.82 Å². The highest BCUT2D eigenvalue weighted by atomic mass is 32.2. The summed E-state index contributed by atoms with van der Waals surface area (Å²) in [5, 5.41) is 2.85. The summed E-state index contributed by atoms with van der Waals surface area (Å²) in [6, 6.07) is 10.8. The Labute approximate surface area is 187 Å². The van der Waals surface area contributed by atoms with E-state index in [9.17, 15) is 22.4 Å². The Kier molecular flexibility index (Phi) is 7.63. The van der Waals surface area contributed by atoms with Gasteiger partial charge in [0.15, 0.2) is 0 Å². The lowest BCUT2D eigenvalue weighted by atomic mass is 9.97. The van der Waals surface area contributed by atoms with E-state index in [0.717, 1.165) is 5.56 Å². The Hall–Kier alpha value is -2.78. The van der Waals surface area contributed by atoms with Crippen molar-refractivity contribution >= 4 is 27.6 Å². The fraction of sp³-hybridized carbons (Fsp3) is 0.391. The van der Waals surface area contributed by atoms with Gasteiger partial charge in [0.2, 0.25) is 15.9 Å². The SMILES string of the molecule is CCOC(=O)c1ccc(C)c(NC(=O)C2CCN(S(=O)(=O)Cc3ccccc3F)CC2)c1. The summed E-state index contributed by atoms with van der Waals surface area (Å²) < 4.78 is 45.5. The zero-order chi connectivity index (χ0) is 23.3. The average Bonchev–Trinajstić information content (AvgIpc) is 2.77. The molecule has 1 saturated heterocycles. The number of sulfonamides is 1. The normalized spacial score (nSPS) is 15.3. The maximum Gasteiger partial charge on any atom is 0.338 e. The molecule has 2 aromatic rings. The molecule has 1 N–H and O–H groups in total. The highest BCUT2D eigenvalue weighted by Gasteiger charge is 2.31. The molecule has 1 aliphatic rings. The predicted octanol–water partition coefficient (Wildman–Crippen LogP) is 3.49. The lowest BCUT2D eigenvalue weighted by Gasteiger charge is -2.30. The molecule has 9 heteroatoms. The van der Waals surface area contributed by atoms with Gasteiger partial charge in [0, 0.05) is 30.3 Å². The Morgan fingerprint density at radius 3 is 2.50 bits per heavy atom. The van der Waals surface area contributed by atoms with Gasteiger partial charge in [-0.2, -0.15) is 0 Å². The molecule has 2 aromatic carbocycles. The average molecular weight is 463 g/mol. The number of carbonyl (C=O) groups excluding carboxylic acids is 2. The molecule has 1 aliphatic heterocycles. The van der Waals surface area contributed by atoms with Crippen molar-refractivity contribution in [2.45, 2.75) is 32.4 Å². The van der Waals surface area contributed by atoms with Crippen molar-refractivity contribution in [1.82, 2.24) is 4.31 Å². The molecule has 1 heterocycles. The molecule has 0 spiro atoms. The quantitative estimate of drug-likeness (QED) is 0.636. The van der Waals surface area contributed by atoms with E-state index >= 15 is 0 Å². The number of benzene rings is 2. The van der Waals surface area contributed by atoms with Crippen molar-refractivity contribution in [1.29, 1.82) is 0 Å². The molecular formula is C23H27FN2O5S. The molecule has 0 aliphatic carbocycles. The summed E-state index contributed by atoms with van der Waals surface area (Å²) in [6.07, 6.45) is 0.720. The standard InChI is InChI=1S/C23H27FN2O5S/c1-3-31-23(28)18-9-8-16(2)21(14-18)25-22(27)17-10-12-26(13-11-17)32(29,30)15-19-6-4-5-7-20(19)24/h4-9,14,17H,3,10-13,15H2,1-2H3,(H,25,27). The molecule has 172 valence electrons. The van der Waals surface area contributed by atoms with E-state index in [2.05, 4.69) is 5.32 Å². The second kappa shape index (κ2) is 10.2. The number of rotatable bonds is 7. The number of ether oxygens (including phenoxy) is 1. The molecular weight excluding hydrogens is 435 g/mol. The molecule has 0 unspecified atom stereocenters. The summed E-state index contributed by atoms with van der Waals surface area (Å²) in [6.45, 7) is 4.18. The van der Waals surface area contributed by atoms with Crippen LogP contribution in [-0.4, -0.2) is 44.3 Å². The Morgan fingerprint density at radius 1 is 1.16 bits per heavy atom. The van der Waals surface area contributed by atoms with Gasteiger partial charge >= 0.3 is 5.97 Å². The van der Waals surface area contributed by atoms with Gasteiger partial charge in [-0.3, -0.25) is 4.79 Å². The second-order valence-corrected chi connectivity index (χ2v) is 9.73. The summed E-state index contributed by atoms with van der Waals surface area (Å²) in [5.74, 6) is -2.00. The van der Waals surface area contributed by atoms with Crippen molar-refractivity contribution in [3.63, 3.8) is 0 Å². The number of anilines is 1. The van der Waals surface area contributed by atoms with Gasteiger partial charge in [0.05, 0.1) is 17.9 Å². The van der Waals surface area contributed by atoms with Crippen LogP contribution in [0.3, 0.4) is 0 Å². The number of hydrogen-bond donors (Lipinski definition) is 1. The number of aryl methyl sites for hydroxylation is 1. The lowest BCUT2D eigenvalue weighted by molar-refractivity contribution is -0.120. The van der Waals surface area contributed by atoms with E-state index in [1.54, 1.807) is 31.2 Å². The first-order valence-corrected chi connectivity index (χ1v) is 12.1. The molecule has 0 saturated carbocycles. The number of halogens is 1. The van der Waals surface area contributed by atoms with E-state index in [4.69, 9.17) is 4.74 Å². The molecule has 0 atom stereocenters. The molecule has 0 bridgehead atoms. The van der Waals surface area contributed by atoms with Gasteiger partial charge in [-0.15, -0.1) is 0 Å². The van der Waals surface area contributed by atoms with Crippen molar-refractivity contribution in [3.8, 4) is 0 Å². The van der Waals surface area contributed by atoms with E-state index in [-0.39, 0.29) is 37.1 Å². The molecule has 1 fully saturated rings. The number of esters is 1. The summed E-state index contributed by atoms with van der Waals surface area (Å²) in [5.41, 5.74) is 1.80. The highest BCUT2D eigenvalue weighted by molar-refractivity contribution is 7.88. The third kappa shape index (κ3) is 5.72. The van der Waals surface area contributed by atoms with Crippen molar-refractivity contribution < 1.29 is 27.1 Å². The van der Waals surface area contributed by atoms with Gasteiger partial charge in [-0.1, -0.05) is 24.3 Å². The van der Waals surface area contributed by atoms with Crippen LogP contribution in [0.25, 0.3) is 0 Å². The topological polar surface area (TPSA) is 92.8 Å². The lowest BCUT2D eigenvalue weighted by Crippen LogP contribution is -2.42. The van der Waals surface area contributed by atoms with Crippen LogP contribution in [0.2, 0.25) is 0 Å². The summed E-state index contributed by atoms with van der Waals surface area (Å²) in [7, 11) is -3.68. The first-order chi connectivity index (χ1) is 15.2. The zero-order valence-electron chi connectivity index (χ0n) is 18.1. The predicted molar refractivity (Wildman–Crippen MR) is 119 cm³/mol. The second-order valence-electron chi connectivity index (χ2n) is 7.76. The van der Waals surface area contributed by atoms with Gasteiger partial charge in [-0.25, -0.2) is 21.9 Å². The molecule has 7 nitrogen and oxygen atoms in total. The number of piperidine rings is 1. The van der Waals surface area contributed by atoms with Gasteiger partial charge < -0.3 is 10.1 Å². The number of amides is 1. The fourth-order valence-corrected chi connectivity index (χ4v) is 5.21. The number of nitrogens with zero attached hydrogens (tertiary/aromatic N) is 1. The third-order valence-electron chi connectivity index (χ3n) is 5.52. The first-order valence-electron chi connectivity index (χ1n) is 10.5. The van der Waals surface area contributed by atoms with E-state index in [1.165, 1.54) is 22.5 Å². The minimum atomic E-state index is -3.68. The van der Waals surface area contributed by atoms with Gasteiger partial charge in [-0.05, 0) is 50.5 Å². The largest absolute Gasteiger partial charge is 0.462 e.